The zero-order chi connectivity index (χ0) is 15.6. The normalized spacial score (nSPS) is 24.0. The maximum Gasteiger partial charge on any atom is 0.221 e. The fraction of sp³-hybridized carbons (Fsp3) is 0.533. The highest BCUT2D eigenvalue weighted by Gasteiger charge is 2.34. The van der Waals surface area contributed by atoms with E-state index < -0.39 is 11.6 Å². The summed E-state index contributed by atoms with van der Waals surface area (Å²) in [5.41, 5.74) is 6.28. The van der Waals surface area contributed by atoms with E-state index in [4.69, 9.17) is 5.73 Å². The molecule has 1 saturated heterocycles. The molecule has 1 aromatic carbocycles. The number of amides is 1. The van der Waals surface area contributed by atoms with Crippen LogP contribution in [0.3, 0.4) is 0 Å². The van der Waals surface area contributed by atoms with Gasteiger partial charge in [0.2, 0.25) is 5.91 Å². The SMILES string of the molecule is CC(N)CC(=O)NC1CCN(C)C1c1ccc(F)c(F)c1. The number of benzene rings is 1. The van der Waals surface area contributed by atoms with Gasteiger partial charge in [0.25, 0.3) is 0 Å². The molecule has 1 heterocycles. The maximum atomic E-state index is 13.4. The zero-order valence-electron chi connectivity index (χ0n) is 12.3. The van der Waals surface area contributed by atoms with Gasteiger partial charge in [-0.3, -0.25) is 9.69 Å². The third-order valence-electron chi connectivity index (χ3n) is 3.79. The average Bonchev–Trinajstić information content (AvgIpc) is 2.73. The van der Waals surface area contributed by atoms with E-state index in [1.807, 2.05) is 11.9 Å². The Kier molecular flexibility index (Phi) is 4.90. The van der Waals surface area contributed by atoms with Crippen LogP contribution in [0.5, 0.6) is 0 Å². The number of nitrogens with zero attached hydrogens (tertiary/aromatic N) is 1. The monoisotopic (exact) mass is 297 g/mol. The van der Waals surface area contributed by atoms with Crippen LogP contribution in [0.1, 0.15) is 31.4 Å². The molecule has 0 spiro atoms. The number of hydrogen-bond acceptors (Lipinski definition) is 3. The fourth-order valence-corrected chi connectivity index (χ4v) is 2.84. The first-order valence-electron chi connectivity index (χ1n) is 7.08. The minimum atomic E-state index is -0.867. The topological polar surface area (TPSA) is 58.4 Å². The van der Waals surface area contributed by atoms with Crippen LogP contribution >= 0.6 is 0 Å². The van der Waals surface area contributed by atoms with E-state index in [0.29, 0.717) is 5.56 Å². The van der Waals surface area contributed by atoms with Crippen LogP contribution in [0.15, 0.2) is 18.2 Å². The highest BCUT2D eigenvalue weighted by molar-refractivity contribution is 5.77. The second-order valence-electron chi connectivity index (χ2n) is 5.74. The largest absolute Gasteiger partial charge is 0.351 e. The zero-order valence-corrected chi connectivity index (χ0v) is 12.3. The summed E-state index contributed by atoms with van der Waals surface area (Å²) in [6.45, 7) is 2.56. The Hall–Kier alpha value is -1.53. The van der Waals surface area contributed by atoms with Crippen LogP contribution in [0, 0.1) is 11.6 Å². The van der Waals surface area contributed by atoms with Crippen molar-refractivity contribution in [3.8, 4) is 0 Å². The summed E-state index contributed by atoms with van der Waals surface area (Å²) in [5.74, 6) is -1.84. The lowest BCUT2D eigenvalue weighted by Crippen LogP contribution is -2.40. The second kappa shape index (κ2) is 6.49. The van der Waals surface area contributed by atoms with Crippen molar-refractivity contribution in [1.82, 2.24) is 10.2 Å². The molecule has 0 bridgehead atoms. The number of nitrogens with two attached hydrogens (primary N) is 1. The summed E-state index contributed by atoms with van der Waals surface area (Å²) in [6.07, 6.45) is 1.02. The first-order valence-corrected chi connectivity index (χ1v) is 7.08. The molecule has 0 radical (unpaired) electrons. The number of carbonyl (C=O) groups is 1. The number of carbonyl (C=O) groups excluding carboxylic acids is 1. The van der Waals surface area contributed by atoms with E-state index >= 15 is 0 Å². The summed E-state index contributed by atoms with van der Waals surface area (Å²) in [7, 11) is 1.91. The fourth-order valence-electron chi connectivity index (χ4n) is 2.84. The van der Waals surface area contributed by atoms with Gasteiger partial charge in [-0.1, -0.05) is 6.07 Å². The van der Waals surface area contributed by atoms with Crippen LogP contribution in [-0.2, 0) is 4.79 Å². The lowest BCUT2D eigenvalue weighted by Gasteiger charge is -2.26. The van der Waals surface area contributed by atoms with Crippen molar-refractivity contribution in [3.63, 3.8) is 0 Å². The second-order valence-corrected chi connectivity index (χ2v) is 5.74. The van der Waals surface area contributed by atoms with E-state index in [1.54, 1.807) is 13.0 Å². The molecule has 0 aromatic heterocycles. The summed E-state index contributed by atoms with van der Waals surface area (Å²) >= 11 is 0. The van der Waals surface area contributed by atoms with Gasteiger partial charge in [-0.15, -0.1) is 0 Å². The van der Waals surface area contributed by atoms with Crippen molar-refractivity contribution >= 4 is 5.91 Å². The molecule has 3 N–H and O–H groups in total. The maximum absolute atomic E-state index is 13.4. The molecule has 4 nitrogen and oxygen atoms in total. The molecule has 3 atom stereocenters. The van der Waals surface area contributed by atoms with E-state index in [2.05, 4.69) is 5.32 Å². The molecule has 6 heteroatoms. The van der Waals surface area contributed by atoms with Crippen molar-refractivity contribution in [2.24, 2.45) is 5.73 Å². The number of nitrogens with one attached hydrogen (secondary N) is 1. The van der Waals surface area contributed by atoms with Gasteiger partial charge in [0, 0.05) is 25.0 Å². The van der Waals surface area contributed by atoms with Gasteiger partial charge in [-0.25, -0.2) is 8.78 Å². The molecule has 3 unspecified atom stereocenters. The quantitative estimate of drug-likeness (QED) is 0.887. The van der Waals surface area contributed by atoms with Gasteiger partial charge in [-0.05, 0) is 38.1 Å². The first kappa shape index (κ1) is 15.9. The Bertz CT molecular complexity index is 522. The Balaban J connectivity index is 2.14. The predicted octanol–water partition coefficient (Wildman–Crippen LogP) is 1.56. The molecule has 1 aromatic rings. The number of likely N-dealkylation sites (tertiary alicyclic amines) is 1. The van der Waals surface area contributed by atoms with Crippen LogP contribution in [0.4, 0.5) is 8.78 Å². The van der Waals surface area contributed by atoms with E-state index in [-0.39, 0.29) is 30.5 Å². The van der Waals surface area contributed by atoms with E-state index in [1.165, 1.54) is 6.07 Å². The Morgan fingerprint density at radius 2 is 2.19 bits per heavy atom. The molecule has 1 fully saturated rings. The van der Waals surface area contributed by atoms with Gasteiger partial charge >= 0.3 is 0 Å². The van der Waals surface area contributed by atoms with Crippen molar-refractivity contribution < 1.29 is 13.6 Å². The summed E-state index contributed by atoms with van der Waals surface area (Å²) < 4.78 is 26.5. The summed E-state index contributed by atoms with van der Waals surface area (Å²) in [4.78, 5) is 13.9. The van der Waals surface area contributed by atoms with Crippen molar-refractivity contribution in [2.45, 2.75) is 37.9 Å². The Labute approximate surface area is 123 Å². The van der Waals surface area contributed by atoms with Gasteiger partial charge in [0.1, 0.15) is 0 Å². The summed E-state index contributed by atoms with van der Waals surface area (Å²) in [5, 5.41) is 2.95. The summed E-state index contributed by atoms with van der Waals surface area (Å²) in [6, 6.07) is 3.41. The number of likely N-dealkylation sites (N-methyl/N-ethyl adjacent to an activating group) is 1. The minimum absolute atomic E-state index is 0.113. The molecule has 0 saturated carbocycles. The van der Waals surface area contributed by atoms with Crippen LogP contribution < -0.4 is 11.1 Å². The lowest BCUT2D eigenvalue weighted by molar-refractivity contribution is -0.122. The molecule has 1 amide bonds. The Morgan fingerprint density at radius 3 is 2.81 bits per heavy atom. The van der Waals surface area contributed by atoms with Crippen molar-refractivity contribution in [2.75, 3.05) is 13.6 Å². The van der Waals surface area contributed by atoms with Gasteiger partial charge < -0.3 is 11.1 Å². The third-order valence-corrected chi connectivity index (χ3v) is 3.79. The molecular formula is C15H21F2N3O. The van der Waals surface area contributed by atoms with E-state index in [9.17, 15) is 13.6 Å². The lowest BCUT2D eigenvalue weighted by atomic mass is 9.99. The van der Waals surface area contributed by atoms with Crippen molar-refractivity contribution in [1.29, 1.82) is 0 Å². The van der Waals surface area contributed by atoms with Gasteiger partial charge in [0.05, 0.1) is 6.04 Å². The molecule has 1 aliphatic heterocycles. The van der Waals surface area contributed by atoms with Gasteiger partial charge in [-0.2, -0.15) is 0 Å². The third kappa shape index (κ3) is 3.77. The molecule has 1 aliphatic rings. The van der Waals surface area contributed by atoms with E-state index in [0.717, 1.165) is 19.0 Å². The standard InChI is InChI=1S/C15H21F2N3O/c1-9(18)7-14(21)19-13-5-6-20(2)15(13)10-3-4-11(16)12(17)8-10/h3-4,8-9,13,15H,5-7,18H2,1-2H3,(H,19,21). The predicted molar refractivity (Wildman–Crippen MR) is 76.5 cm³/mol. The molecular weight excluding hydrogens is 276 g/mol. The number of hydrogen-bond donors (Lipinski definition) is 2. The highest BCUT2D eigenvalue weighted by Crippen LogP contribution is 2.31. The number of halogens is 2. The van der Waals surface area contributed by atoms with Crippen molar-refractivity contribution in [3.05, 3.63) is 35.4 Å². The van der Waals surface area contributed by atoms with Crippen LogP contribution in [0.2, 0.25) is 0 Å². The number of rotatable bonds is 4. The van der Waals surface area contributed by atoms with Crippen LogP contribution in [-0.4, -0.2) is 36.5 Å². The van der Waals surface area contributed by atoms with Gasteiger partial charge in [0.15, 0.2) is 11.6 Å². The Morgan fingerprint density at radius 1 is 1.48 bits per heavy atom. The molecule has 0 aliphatic carbocycles. The first-order chi connectivity index (χ1) is 9.88. The molecule has 21 heavy (non-hydrogen) atoms. The van der Waals surface area contributed by atoms with Crippen LogP contribution in [0.25, 0.3) is 0 Å². The molecule has 2 rings (SSSR count). The smallest absolute Gasteiger partial charge is 0.221 e. The molecule has 116 valence electrons. The highest BCUT2D eigenvalue weighted by atomic mass is 19.2. The minimum Gasteiger partial charge on any atom is -0.351 e. The average molecular weight is 297 g/mol.